The van der Waals surface area contributed by atoms with Gasteiger partial charge in [0.1, 0.15) is 5.52 Å². The summed E-state index contributed by atoms with van der Waals surface area (Å²) in [6.45, 7) is 2.77. The Morgan fingerprint density at radius 3 is 3.06 bits per heavy atom. The lowest BCUT2D eigenvalue weighted by Crippen LogP contribution is -2.24. The average molecular weight is 249 g/mol. The molecule has 0 fully saturated rings. The Hall–Kier alpha value is -1.75. The summed E-state index contributed by atoms with van der Waals surface area (Å²) in [4.78, 5) is 4.37. The van der Waals surface area contributed by atoms with E-state index in [1.54, 1.807) is 13.2 Å². The molecule has 0 saturated heterocycles. The second-order valence-corrected chi connectivity index (χ2v) is 4.33. The molecule has 5 nitrogen and oxygen atoms in total. The minimum atomic E-state index is 0.213. The number of fused-ring (bicyclic) bond motifs is 1. The molecule has 0 radical (unpaired) electrons. The third-order valence-electron chi connectivity index (χ3n) is 2.75. The third-order valence-corrected chi connectivity index (χ3v) is 2.75. The smallest absolute Gasteiger partial charge is 0.295 e. The zero-order valence-electron chi connectivity index (χ0n) is 10.8. The highest BCUT2D eigenvalue weighted by Crippen LogP contribution is 2.22. The fourth-order valence-electron chi connectivity index (χ4n) is 1.92. The summed E-state index contributed by atoms with van der Waals surface area (Å²) < 4.78 is 10.8. The van der Waals surface area contributed by atoms with Gasteiger partial charge in [0.15, 0.2) is 5.58 Å². The van der Waals surface area contributed by atoms with E-state index in [9.17, 15) is 0 Å². The number of nitrogens with one attached hydrogen (secondary N) is 1. The van der Waals surface area contributed by atoms with E-state index < -0.39 is 0 Å². The summed E-state index contributed by atoms with van der Waals surface area (Å²) in [5, 5.41) is 3.25. The topological polar surface area (TPSA) is 73.3 Å². The maximum absolute atomic E-state index is 5.70. The SMILES string of the molecule is CCCC(COC)Nc1nc2ccc(N)cc2o1. The monoisotopic (exact) mass is 249 g/mol. The highest BCUT2D eigenvalue weighted by Gasteiger charge is 2.12. The summed E-state index contributed by atoms with van der Waals surface area (Å²) in [6.07, 6.45) is 2.09. The molecule has 1 heterocycles. The van der Waals surface area contributed by atoms with Gasteiger partial charge in [0.05, 0.1) is 12.6 Å². The van der Waals surface area contributed by atoms with Crippen molar-refractivity contribution in [2.24, 2.45) is 0 Å². The molecule has 1 atom stereocenters. The molecule has 0 spiro atoms. The zero-order valence-corrected chi connectivity index (χ0v) is 10.8. The van der Waals surface area contributed by atoms with Gasteiger partial charge >= 0.3 is 0 Å². The summed E-state index contributed by atoms with van der Waals surface area (Å²) in [6, 6.07) is 6.17. The quantitative estimate of drug-likeness (QED) is 0.770. The van der Waals surface area contributed by atoms with Crippen LogP contribution in [-0.4, -0.2) is 24.7 Å². The Labute approximate surface area is 106 Å². The number of hydrogen-bond acceptors (Lipinski definition) is 5. The number of nitrogens with two attached hydrogens (primary N) is 1. The molecule has 0 aliphatic carbocycles. The lowest BCUT2D eigenvalue weighted by molar-refractivity contribution is 0.181. The van der Waals surface area contributed by atoms with E-state index in [1.165, 1.54) is 0 Å². The summed E-state index contributed by atoms with van der Waals surface area (Å²) in [7, 11) is 1.69. The largest absolute Gasteiger partial charge is 0.423 e. The number of methoxy groups -OCH3 is 1. The summed E-state index contributed by atoms with van der Waals surface area (Å²) in [5.41, 5.74) is 7.88. The fraction of sp³-hybridized carbons (Fsp3) is 0.462. The van der Waals surface area contributed by atoms with E-state index in [4.69, 9.17) is 14.9 Å². The molecule has 0 bridgehead atoms. The molecule has 5 heteroatoms. The van der Waals surface area contributed by atoms with Crippen LogP contribution >= 0.6 is 0 Å². The Morgan fingerprint density at radius 2 is 2.33 bits per heavy atom. The molecule has 1 unspecified atom stereocenters. The molecule has 18 heavy (non-hydrogen) atoms. The van der Waals surface area contributed by atoms with Crippen LogP contribution in [0.5, 0.6) is 0 Å². The Morgan fingerprint density at radius 1 is 1.50 bits per heavy atom. The molecule has 0 aliphatic heterocycles. The van der Waals surface area contributed by atoms with Gasteiger partial charge in [0, 0.05) is 18.9 Å². The van der Waals surface area contributed by atoms with Gasteiger partial charge in [-0.25, -0.2) is 0 Å². The number of aromatic nitrogens is 1. The minimum absolute atomic E-state index is 0.213. The third kappa shape index (κ3) is 2.92. The molecule has 98 valence electrons. The number of rotatable bonds is 6. The van der Waals surface area contributed by atoms with Crippen molar-refractivity contribution >= 4 is 22.8 Å². The Bertz CT molecular complexity index is 504. The van der Waals surface area contributed by atoms with Gasteiger partial charge in [0.25, 0.3) is 6.01 Å². The molecule has 0 amide bonds. The minimum Gasteiger partial charge on any atom is -0.423 e. The molecule has 2 rings (SSSR count). The van der Waals surface area contributed by atoms with Crippen LogP contribution in [0.15, 0.2) is 22.6 Å². The number of nitrogen functional groups attached to an aromatic ring is 1. The van der Waals surface area contributed by atoms with Crippen LogP contribution in [-0.2, 0) is 4.74 Å². The van der Waals surface area contributed by atoms with Crippen LogP contribution in [0.3, 0.4) is 0 Å². The Kier molecular flexibility index (Phi) is 4.04. The van der Waals surface area contributed by atoms with Crippen molar-refractivity contribution in [1.82, 2.24) is 4.98 Å². The second-order valence-electron chi connectivity index (χ2n) is 4.33. The predicted octanol–water partition coefficient (Wildman–Crippen LogP) is 2.64. The summed E-state index contributed by atoms with van der Waals surface area (Å²) in [5.74, 6) is 0. The van der Waals surface area contributed by atoms with Crippen molar-refractivity contribution in [2.45, 2.75) is 25.8 Å². The van der Waals surface area contributed by atoms with Crippen LogP contribution in [0.25, 0.3) is 11.1 Å². The van der Waals surface area contributed by atoms with E-state index in [2.05, 4.69) is 17.2 Å². The fourth-order valence-corrected chi connectivity index (χ4v) is 1.92. The van der Waals surface area contributed by atoms with Gasteiger partial charge in [0.2, 0.25) is 0 Å². The number of oxazole rings is 1. The van der Waals surface area contributed by atoms with Gasteiger partial charge in [-0.3, -0.25) is 0 Å². The standard InChI is InChI=1S/C13H19N3O2/c1-3-4-10(8-17-2)15-13-16-11-6-5-9(14)7-12(11)18-13/h5-7,10H,3-4,8,14H2,1-2H3,(H,15,16). The zero-order chi connectivity index (χ0) is 13.0. The lowest BCUT2D eigenvalue weighted by Gasteiger charge is -2.15. The van der Waals surface area contributed by atoms with Crippen molar-refractivity contribution in [2.75, 3.05) is 24.8 Å². The molecule has 3 N–H and O–H groups in total. The van der Waals surface area contributed by atoms with Gasteiger partial charge in [-0.1, -0.05) is 13.3 Å². The first-order valence-electron chi connectivity index (χ1n) is 6.14. The predicted molar refractivity (Wildman–Crippen MR) is 72.6 cm³/mol. The van der Waals surface area contributed by atoms with Crippen molar-refractivity contribution in [3.05, 3.63) is 18.2 Å². The van der Waals surface area contributed by atoms with Crippen molar-refractivity contribution in [3.63, 3.8) is 0 Å². The lowest BCUT2D eigenvalue weighted by atomic mass is 10.2. The molecule has 1 aromatic heterocycles. The maximum Gasteiger partial charge on any atom is 0.295 e. The van der Waals surface area contributed by atoms with E-state index in [-0.39, 0.29) is 6.04 Å². The van der Waals surface area contributed by atoms with Crippen LogP contribution in [0.2, 0.25) is 0 Å². The normalized spacial score (nSPS) is 12.8. The van der Waals surface area contributed by atoms with Gasteiger partial charge in [-0.2, -0.15) is 4.98 Å². The average Bonchev–Trinajstić information content (AvgIpc) is 2.71. The first-order valence-corrected chi connectivity index (χ1v) is 6.14. The number of ether oxygens (including phenoxy) is 1. The van der Waals surface area contributed by atoms with E-state index in [0.717, 1.165) is 18.4 Å². The second kappa shape index (κ2) is 5.73. The molecule has 2 aromatic rings. The highest BCUT2D eigenvalue weighted by molar-refractivity contribution is 5.78. The van der Waals surface area contributed by atoms with Crippen molar-refractivity contribution in [3.8, 4) is 0 Å². The van der Waals surface area contributed by atoms with Gasteiger partial charge in [-0.15, -0.1) is 0 Å². The van der Waals surface area contributed by atoms with Gasteiger partial charge < -0.3 is 20.2 Å². The molecular weight excluding hydrogens is 230 g/mol. The Balaban J connectivity index is 2.14. The first-order chi connectivity index (χ1) is 8.72. The number of nitrogens with zero attached hydrogens (tertiary/aromatic N) is 1. The van der Waals surface area contributed by atoms with Crippen LogP contribution in [0.1, 0.15) is 19.8 Å². The van der Waals surface area contributed by atoms with Crippen LogP contribution in [0, 0.1) is 0 Å². The van der Waals surface area contributed by atoms with Gasteiger partial charge in [-0.05, 0) is 18.6 Å². The van der Waals surface area contributed by atoms with Crippen LogP contribution in [0.4, 0.5) is 11.7 Å². The number of benzene rings is 1. The highest BCUT2D eigenvalue weighted by atomic mass is 16.5. The molecule has 1 aromatic carbocycles. The van der Waals surface area contributed by atoms with Crippen LogP contribution < -0.4 is 11.1 Å². The molecule has 0 saturated carbocycles. The van der Waals surface area contributed by atoms with Crippen molar-refractivity contribution < 1.29 is 9.15 Å². The van der Waals surface area contributed by atoms with E-state index in [1.807, 2.05) is 12.1 Å². The van der Waals surface area contributed by atoms with Crippen molar-refractivity contribution in [1.29, 1.82) is 0 Å². The molecule has 0 aliphatic rings. The number of hydrogen-bond donors (Lipinski definition) is 2. The van der Waals surface area contributed by atoms with E-state index >= 15 is 0 Å². The van der Waals surface area contributed by atoms with E-state index in [0.29, 0.717) is 23.9 Å². The number of anilines is 2. The molecular formula is C13H19N3O2. The summed E-state index contributed by atoms with van der Waals surface area (Å²) >= 11 is 0. The first kappa shape index (κ1) is 12.7. The maximum atomic E-state index is 5.70.